The summed E-state index contributed by atoms with van der Waals surface area (Å²) in [7, 11) is 0. The summed E-state index contributed by atoms with van der Waals surface area (Å²) in [5.74, 6) is -6.66. The molecule has 1 amide bonds. The van der Waals surface area contributed by atoms with E-state index in [1.54, 1.807) is 18.3 Å². The van der Waals surface area contributed by atoms with Crippen molar-refractivity contribution >= 4 is 35.1 Å². The van der Waals surface area contributed by atoms with Crippen LogP contribution in [0.25, 0.3) is 5.65 Å². The molecule has 5 rings (SSSR count). The zero-order valence-electron chi connectivity index (χ0n) is 28.0. The van der Waals surface area contributed by atoms with E-state index in [-0.39, 0.29) is 11.9 Å². The van der Waals surface area contributed by atoms with Crippen molar-refractivity contribution in [2.24, 2.45) is 5.92 Å². The van der Waals surface area contributed by atoms with Crippen LogP contribution in [0.4, 0.5) is 45.2 Å². The summed E-state index contributed by atoms with van der Waals surface area (Å²) in [5, 5.41) is 33.3. The van der Waals surface area contributed by atoms with Crippen molar-refractivity contribution < 1.29 is 74.0 Å². The number of halogens is 9. The van der Waals surface area contributed by atoms with Crippen molar-refractivity contribution in [3.63, 3.8) is 0 Å². The average Bonchev–Trinajstić information content (AvgIpc) is 3.75. The van der Waals surface area contributed by atoms with E-state index in [1.807, 2.05) is 29.7 Å². The molecule has 1 atom stereocenters. The molecule has 14 nitrogen and oxygen atoms in total. The number of anilines is 1. The normalized spacial score (nSPS) is 16.7. The lowest BCUT2D eigenvalue weighted by Crippen LogP contribution is -2.51. The molecule has 1 unspecified atom stereocenters. The molecular formula is C30H34F9N7O7. The first-order valence-electron chi connectivity index (χ1n) is 15.3. The molecule has 2 aliphatic rings. The largest absolute Gasteiger partial charge is 0.490 e. The molecule has 1 saturated carbocycles. The van der Waals surface area contributed by atoms with Gasteiger partial charge in [-0.25, -0.2) is 14.4 Å². The Balaban J connectivity index is 0.000000379. The quantitative estimate of drug-likeness (QED) is 0.244. The molecule has 0 bridgehead atoms. The lowest BCUT2D eigenvalue weighted by molar-refractivity contribution is -0.193. The SMILES string of the molecule is Cc1cc(NC(=O)c2ccc3nnc(C4CN(CC5CC5)CCN4C(C)C)n3c2)ccn1.O=C(O)C(F)(F)F.O=C(O)C(F)(F)F.O=C(O)C(F)(F)F. The maximum Gasteiger partial charge on any atom is 0.490 e. The van der Waals surface area contributed by atoms with Gasteiger partial charge in [-0.05, 0) is 63.8 Å². The Kier molecular flexibility index (Phi) is 15.1. The van der Waals surface area contributed by atoms with Crippen molar-refractivity contribution in [1.82, 2.24) is 29.4 Å². The molecule has 0 spiro atoms. The lowest BCUT2D eigenvalue weighted by atomic mass is 10.1. The first kappa shape index (κ1) is 44.1. The van der Waals surface area contributed by atoms with Crippen LogP contribution in [-0.4, -0.2) is 119 Å². The van der Waals surface area contributed by atoms with Crippen LogP contribution in [-0.2, 0) is 14.4 Å². The maximum atomic E-state index is 12.9. The van der Waals surface area contributed by atoms with Gasteiger partial charge in [0.1, 0.15) is 0 Å². The molecule has 2 fully saturated rings. The van der Waals surface area contributed by atoms with Crippen molar-refractivity contribution in [3.8, 4) is 0 Å². The van der Waals surface area contributed by atoms with Crippen LogP contribution in [0, 0.1) is 12.8 Å². The highest BCUT2D eigenvalue weighted by Gasteiger charge is 2.40. The first-order chi connectivity index (χ1) is 24.3. The van der Waals surface area contributed by atoms with Crippen LogP contribution >= 0.6 is 0 Å². The number of alkyl halides is 9. The first-order valence-corrected chi connectivity index (χ1v) is 15.3. The average molecular weight is 776 g/mol. The van der Waals surface area contributed by atoms with Gasteiger partial charge >= 0.3 is 36.4 Å². The number of fused-ring (bicyclic) bond motifs is 1. The molecule has 53 heavy (non-hydrogen) atoms. The number of amides is 1. The van der Waals surface area contributed by atoms with E-state index in [4.69, 9.17) is 29.7 Å². The number of aryl methyl sites for hydroxylation is 1. The van der Waals surface area contributed by atoms with E-state index < -0.39 is 36.4 Å². The minimum atomic E-state index is -5.08. The third-order valence-corrected chi connectivity index (χ3v) is 7.25. The number of piperazine rings is 1. The molecule has 294 valence electrons. The van der Waals surface area contributed by atoms with Gasteiger partial charge in [0.25, 0.3) is 5.91 Å². The number of aromatic nitrogens is 4. The number of carboxylic acid groups (broad SMARTS) is 3. The van der Waals surface area contributed by atoms with Crippen molar-refractivity contribution in [2.45, 2.75) is 64.2 Å². The summed E-state index contributed by atoms with van der Waals surface area (Å²) in [4.78, 5) is 48.9. The number of aliphatic carboxylic acids is 3. The summed E-state index contributed by atoms with van der Waals surface area (Å²) in [6.07, 6.45) is -8.97. The standard InChI is InChI=1S/C24H31N7O.3C2HF3O2/c1-16(2)30-11-10-29(13-18-4-5-18)15-21(30)23-28-27-22-7-6-19(14-31(22)23)24(32)26-20-8-9-25-17(3)12-20;3*3-2(4,5)1(6)7/h6-9,12,14,16,18,21H,4-5,10-11,13,15H2,1-3H3,(H,25,26,32);3*(H,6,7). The number of carbonyl (C=O) groups is 4. The number of hydrogen-bond acceptors (Lipinski definition) is 9. The van der Waals surface area contributed by atoms with Crippen LogP contribution in [0.15, 0.2) is 36.7 Å². The van der Waals surface area contributed by atoms with Crippen LogP contribution < -0.4 is 5.32 Å². The molecule has 1 aliphatic heterocycles. The Labute approximate surface area is 294 Å². The van der Waals surface area contributed by atoms with Gasteiger partial charge in [0.15, 0.2) is 11.5 Å². The number of nitrogens with one attached hydrogen (secondary N) is 1. The van der Waals surface area contributed by atoms with Gasteiger partial charge in [0.05, 0.1) is 11.6 Å². The fraction of sp³-hybridized carbons (Fsp3) is 0.500. The van der Waals surface area contributed by atoms with Crippen LogP contribution in [0.3, 0.4) is 0 Å². The van der Waals surface area contributed by atoms with Crippen LogP contribution in [0.1, 0.15) is 54.6 Å². The van der Waals surface area contributed by atoms with Crippen LogP contribution in [0.2, 0.25) is 0 Å². The van der Waals surface area contributed by atoms with E-state index >= 15 is 0 Å². The van der Waals surface area contributed by atoms with E-state index in [2.05, 4.69) is 44.1 Å². The van der Waals surface area contributed by atoms with Crippen molar-refractivity contribution in [1.29, 1.82) is 0 Å². The number of carboxylic acids is 3. The molecule has 0 radical (unpaired) electrons. The maximum absolute atomic E-state index is 12.9. The zero-order valence-corrected chi connectivity index (χ0v) is 28.0. The van der Waals surface area contributed by atoms with Gasteiger partial charge in [0.2, 0.25) is 0 Å². The molecule has 4 N–H and O–H groups in total. The highest BCUT2D eigenvalue weighted by molar-refractivity contribution is 6.04. The van der Waals surface area contributed by atoms with Gasteiger partial charge in [0, 0.05) is 56.0 Å². The van der Waals surface area contributed by atoms with Gasteiger partial charge < -0.3 is 20.6 Å². The minimum absolute atomic E-state index is 0.152. The summed E-state index contributed by atoms with van der Waals surface area (Å²) in [5.41, 5.74) is 2.94. The van der Waals surface area contributed by atoms with Crippen LogP contribution in [0.5, 0.6) is 0 Å². The second-order valence-corrected chi connectivity index (χ2v) is 11.8. The van der Waals surface area contributed by atoms with Crippen molar-refractivity contribution in [3.05, 3.63) is 53.7 Å². The number of hydrogen-bond donors (Lipinski definition) is 4. The summed E-state index contributed by atoms with van der Waals surface area (Å²) in [6.45, 7) is 10.6. The lowest BCUT2D eigenvalue weighted by Gasteiger charge is -2.42. The fourth-order valence-corrected chi connectivity index (χ4v) is 4.63. The Morgan fingerprint density at radius 1 is 0.849 bits per heavy atom. The number of nitrogens with zero attached hydrogens (tertiary/aromatic N) is 6. The third-order valence-electron chi connectivity index (χ3n) is 7.25. The van der Waals surface area contributed by atoms with Gasteiger partial charge in [-0.15, -0.1) is 10.2 Å². The molecular weight excluding hydrogens is 741 g/mol. The monoisotopic (exact) mass is 775 g/mol. The molecule has 1 saturated heterocycles. The Hall–Kier alpha value is -5.06. The van der Waals surface area contributed by atoms with E-state index in [0.717, 1.165) is 48.4 Å². The predicted octanol–water partition coefficient (Wildman–Crippen LogP) is 5.06. The predicted molar refractivity (Wildman–Crippen MR) is 165 cm³/mol. The number of pyridine rings is 2. The molecule has 4 heterocycles. The molecule has 3 aromatic rings. The fourth-order valence-electron chi connectivity index (χ4n) is 4.63. The van der Waals surface area contributed by atoms with Gasteiger partial charge in [-0.2, -0.15) is 39.5 Å². The van der Waals surface area contributed by atoms with E-state index in [9.17, 15) is 44.3 Å². The Morgan fingerprint density at radius 3 is 1.83 bits per heavy atom. The number of rotatable bonds is 6. The van der Waals surface area contributed by atoms with Gasteiger partial charge in [-0.3, -0.25) is 24.0 Å². The zero-order chi connectivity index (χ0) is 40.5. The molecule has 3 aromatic heterocycles. The highest BCUT2D eigenvalue weighted by atomic mass is 19.4. The molecule has 0 aromatic carbocycles. The summed E-state index contributed by atoms with van der Waals surface area (Å²) < 4.78 is 97.2. The van der Waals surface area contributed by atoms with E-state index in [0.29, 0.717) is 11.6 Å². The summed E-state index contributed by atoms with van der Waals surface area (Å²) in [6, 6.07) is 7.89. The van der Waals surface area contributed by atoms with E-state index in [1.165, 1.54) is 19.4 Å². The van der Waals surface area contributed by atoms with Gasteiger partial charge in [-0.1, -0.05) is 0 Å². The second kappa shape index (κ2) is 18.1. The topological polar surface area (TPSA) is 191 Å². The minimum Gasteiger partial charge on any atom is -0.475 e. The molecule has 23 heteroatoms. The summed E-state index contributed by atoms with van der Waals surface area (Å²) >= 11 is 0. The third kappa shape index (κ3) is 14.5. The number of carbonyl (C=O) groups excluding carboxylic acids is 1. The van der Waals surface area contributed by atoms with Crippen molar-refractivity contribution in [2.75, 3.05) is 31.5 Å². The Bertz CT molecular complexity index is 1670. The highest BCUT2D eigenvalue weighted by Crippen LogP contribution is 2.33. The second-order valence-electron chi connectivity index (χ2n) is 11.8. The smallest absolute Gasteiger partial charge is 0.475 e. The Morgan fingerprint density at radius 2 is 1.38 bits per heavy atom. The molecule has 1 aliphatic carbocycles.